The fraction of sp³-hybridized carbons (Fsp3) is 0.625. The molecule has 0 radical (unpaired) electrons. The third-order valence-corrected chi connectivity index (χ3v) is 9.99. The van der Waals surface area contributed by atoms with E-state index in [0.717, 1.165) is 60.6 Å². The molecule has 3 amide bonds. The van der Waals surface area contributed by atoms with Gasteiger partial charge < -0.3 is 59.1 Å². The monoisotopic (exact) mass is 806 g/mol. The summed E-state index contributed by atoms with van der Waals surface area (Å²) in [7, 11) is 0. The smallest absolute Gasteiger partial charge is 0.494 e. The van der Waals surface area contributed by atoms with Crippen LogP contribution in [-0.2, 0) is 20.9 Å². The summed E-state index contributed by atoms with van der Waals surface area (Å²) < 4.78 is 33.5. The van der Waals surface area contributed by atoms with Crippen molar-refractivity contribution in [2.45, 2.75) is 63.1 Å². The van der Waals surface area contributed by atoms with Gasteiger partial charge in [0.2, 0.25) is 17.7 Å². The van der Waals surface area contributed by atoms with E-state index >= 15 is 0 Å². The molecule has 2 aliphatic rings. The summed E-state index contributed by atoms with van der Waals surface area (Å²) in [5.74, 6) is -3.23. The van der Waals surface area contributed by atoms with Crippen molar-refractivity contribution >= 4 is 28.6 Å². The van der Waals surface area contributed by atoms with Gasteiger partial charge in [0.1, 0.15) is 17.3 Å². The van der Waals surface area contributed by atoms with Crippen molar-refractivity contribution in [1.82, 2.24) is 47.1 Å². The molecule has 0 bridgehead atoms. The van der Waals surface area contributed by atoms with Gasteiger partial charge in [-0.1, -0.05) is 6.92 Å². The number of carbonyl (C=O) groups excluding carboxylic acids is 3. The summed E-state index contributed by atoms with van der Waals surface area (Å²) in [6.07, 6.45) is 2.46. The second kappa shape index (κ2) is 24.6. The number of amides is 3. The Morgan fingerprint density at radius 1 is 1.03 bits per heavy atom. The number of halogens is 2. The maximum absolute atomic E-state index is 13.8. The minimum Gasteiger partial charge on any atom is -0.494 e. The standard InChI is InChI=1S/C40H61F2N11O4.Li/c1-4-44-26-39(27-47-16-14-45-24-38(2,3)25-46-15-17-48-28-39)52-36(55)8-5-7-35(54)51-12-6-18-57-32-9-10-34-33(19-32)30(11-13-50-34)22-49-23-37(56)53-29-40(41,42)20-31(53)21-43;/h9-11,13,19,31,44-49H,1-2,4-8,12,14-18,20,22-29H2,3H3,(H,51,54)(H,52,55);/q-2;+1/p+1. The van der Waals surface area contributed by atoms with Gasteiger partial charge in [-0.15, -0.1) is 5.41 Å². The van der Waals surface area contributed by atoms with Crippen LogP contribution in [0, 0.1) is 30.6 Å². The molecule has 1 atom stereocenters. The number of nitrogens with two attached hydrogens (primary N) is 1. The molecule has 9 N–H and O–H groups in total. The molecule has 0 aliphatic carbocycles. The Bertz CT molecular complexity index is 1630. The number of nitriles is 1. The van der Waals surface area contributed by atoms with E-state index in [1.54, 1.807) is 24.4 Å². The molecule has 1 aromatic carbocycles. The van der Waals surface area contributed by atoms with Gasteiger partial charge in [-0.05, 0) is 62.3 Å². The molecular weight excluding hydrogens is 743 g/mol. The number of benzene rings is 1. The number of ether oxygens (including phenoxy) is 1. The van der Waals surface area contributed by atoms with Crippen LogP contribution in [0.3, 0.4) is 0 Å². The zero-order chi connectivity index (χ0) is 41.2. The van der Waals surface area contributed by atoms with Crippen molar-refractivity contribution in [3.05, 3.63) is 49.9 Å². The van der Waals surface area contributed by atoms with Gasteiger partial charge in [0.15, 0.2) is 0 Å². The molecule has 58 heavy (non-hydrogen) atoms. The first kappa shape index (κ1) is 48.9. The Morgan fingerprint density at radius 2 is 1.71 bits per heavy atom. The number of pyridine rings is 1. The number of alkyl halides is 2. The molecule has 0 saturated carbocycles. The van der Waals surface area contributed by atoms with Gasteiger partial charge in [0.05, 0.1) is 37.8 Å². The summed E-state index contributed by atoms with van der Waals surface area (Å²) in [4.78, 5) is 43.7. The SMILES string of the molecule is [CH2-]C[NH2+]CC1(NC(=O)CCCC(=O)NCCCOc2ccc3nccc(CNCC(=O)N4CC(F)(F)CC4C#N)c3c2)CNCCNCC([CH2-])(C)CNCCNC1.[Li+]. The maximum Gasteiger partial charge on any atom is 1.00 e. The third kappa shape index (κ3) is 16.7. The topological polar surface area (TPSA) is 201 Å². The average molecular weight is 806 g/mol. The van der Waals surface area contributed by atoms with E-state index in [1.165, 1.54) is 0 Å². The van der Waals surface area contributed by atoms with Crippen LogP contribution in [0.4, 0.5) is 8.78 Å². The van der Waals surface area contributed by atoms with Crippen LogP contribution in [0.2, 0.25) is 0 Å². The quantitative estimate of drug-likeness (QED) is 0.0451. The predicted molar refractivity (Wildman–Crippen MR) is 214 cm³/mol. The molecule has 3 heterocycles. The Balaban J connectivity index is 0.00000900. The second-order valence-electron chi connectivity index (χ2n) is 15.5. The minimum atomic E-state index is -3.06. The molecule has 2 aromatic rings. The summed E-state index contributed by atoms with van der Waals surface area (Å²) in [6, 6.07) is 7.94. The van der Waals surface area contributed by atoms with Gasteiger partial charge in [-0.3, -0.25) is 26.3 Å². The molecule has 1 unspecified atom stereocenters. The maximum atomic E-state index is 13.8. The molecule has 18 heteroatoms. The van der Waals surface area contributed by atoms with Gasteiger partial charge in [0, 0.05) is 83.2 Å². The number of quaternary nitrogens is 1. The number of carbonyl (C=O) groups is 3. The number of aromatic nitrogens is 1. The Morgan fingerprint density at radius 3 is 2.38 bits per heavy atom. The molecule has 2 aliphatic heterocycles. The van der Waals surface area contributed by atoms with Crippen molar-refractivity contribution in [2.75, 3.05) is 91.7 Å². The average Bonchev–Trinajstić information content (AvgIpc) is 3.50. The van der Waals surface area contributed by atoms with E-state index < -0.39 is 36.4 Å². The van der Waals surface area contributed by atoms with Crippen LogP contribution >= 0.6 is 0 Å². The van der Waals surface area contributed by atoms with Crippen LogP contribution < -0.4 is 66.1 Å². The third-order valence-electron chi connectivity index (χ3n) is 9.99. The van der Waals surface area contributed by atoms with Crippen molar-refractivity contribution in [1.29, 1.82) is 5.26 Å². The number of hydrogen-bond donors (Lipinski definition) is 8. The van der Waals surface area contributed by atoms with Crippen molar-refractivity contribution in [3.8, 4) is 11.8 Å². The number of rotatable bonds is 17. The zero-order valence-electron chi connectivity index (χ0n) is 34.3. The molecule has 2 saturated heterocycles. The number of nitrogens with zero attached hydrogens (tertiary/aromatic N) is 3. The summed E-state index contributed by atoms with van der Waals surface area (Å²) >= 11 is 0. The van der Waals surface area contributed by atoms with Gasteiger partial charge in [-0.2, -0.15) is 5.26 Å². The van der Waals surface area contributed by atoms with Crippen LogP contribution in [0.5, 0.6) is 5.75 Å². The second-order valence-corrected chi connectivity index (χ2v) is 15.5. The molecule has 1 aromatic heterocycles. The van der Waals surface area contributed by atoms with Crippen LogP contribution in [0.25, 0.3) is 10.9 Å². The Kier molecular flexibility index (Phi) is 20.7. The largest absolute Gasteiger partial charge is 1.00 e. The van der Waals surface area contributed by atoms with Gasteiger partial charge >= 0.3 is 18.9 Å². The predicted octanol–water partition coefficient (Wildman–Crippen LogP) is -3.39. The summed E-state index contributed by atoms with van der Waals surface area (Å²) in [5, 5.41) is 35.2. The van der Waals surface area contributed by atoms with Crippen LogP contribution in [0.1, 0.15) is 44.6 Å². The van der Waals surface area contributed by atoms with Gasteiger partial charge in [0.25, 0.3) is 5.92 Å². The number of fused-ring (bicyclic) bond motifs is 1. The first-order chi connectivity index (χ1) is 27.3. The normalized spacial score (nSPS) is 22.9. The van der Waals surface area contributed by atoms with Crippen LogP contribution in [0.15, 0.2) is 30.5 Å². The molecule has 4 rings (SSSR count). The molecule has 316 valence electrons. The van der Waals surface area contributed by atoms with Crippen molar-refractivity contribution in [3.63, 3.8) is 0 Å². The molecule has 0 spiro atoms. The fourth-order valence-electron chi connectivity index (χ4n) is 6.95. The van der Waals surface area contributed by atoms with E-state index in [1.807, 2.05) is 12.1 Å². The van der Waals surface area contributed by atoms with E-state index in [4.69, 9.17) is 4.74 Å². The molecule has 2 fully saturated rings. The first-order valence-electron chi connectivity index (χ1n) is 20.0. The van der Waals surface area contributed by atoms with E-state index in [-0.39, 0.29) is 62.0 Å². The number of likely N-dealkylation sites (tertiary alicyclic amines) is 1. The Hall–Kier alpha value is -3.45. The first-order valence-corrected chi connectivity index (χ1v) is 20.0. The summed E-state index contributed by atoms with van der Waals surface area (Å²) in [5.41, 5.74) is 0.946. The zero-order valence-corrected chi connectivity index (χ0v) is 34.3. The van der Waals surface area contributed by atoms with Gasteiger partial charge in [-0.25, -0.2) is 8.78 Å². The van der Waals surface area contributed by atoms with E-state index in [2.05, 4.69) is 68.3 Å². The van der Waals surface area contributed by atoms with Crippen LogP contribution in [-0.4, -0.2) is 137 Å². The fourth-order valence-corrected chi connectivity index (χ4v) is 6.95. The molecular formula is C40H62F2LiN11O4. The Labute approximate surface area is 353 Å². The van der Waals surface area contributed by atoms with Crippen molar-refractivity contribution < 1.29 is 52.1 Å². The van der Waals surface area contributed by atoms with Crippen molar-refractivity contribution in [2.24, 2.45) is 5.41 Å². The molecule has 15 nitrogen and oxygen atoms in total. The number of hydrogen-bond acceptors (Lipinski definition) is 11. The number of nitrogens with one attached hydrogen (secondary N) is 7. The van der Waals surface area contributed by atoms with E-state index in [0.29, 0.717) is 57.9 Å². The van der Waals surface area contributed by atoms with E-state index in [9.17, 15) is 28.4 Å². The minimum absolute atomic E-state index is 0. The summed E-state index contributed by atoms with van der Waals surface area (Å²) in [6.45, 7) is 17.7.